The molecule has 0 unspecified atom stereocenters. The van der Waals surface area contributed by atoms with Crippen molar-refractivity contribution in [1.82, 2.24) is 0 Å². The highest BCUT2D eigenvalue weighted by atomic mass is 79.9. The number of ether oxygens (including phenoxy) is 1. The molecule has 0 saturated heterocycles. The van der Waals surface area contributed by atoms with E-state index < -0.39 is 11.8 Å². The number of benzene rings is 1. The topological polar surface area (TPSA) is 26.3 Å². The van der Waals surface area contributed by atoms with Crippen LogP contribution in [0.2, 0.25) is 10.0 Å². The van der Waals surface area contributed by atoms with Gasteiger partial charge in [0.2, 0.25) is 0 Å². The first-order chi connectivity index (χ1) is 6.49. The second-order valence-electron chi connectivity index (χ2n) is 2.34. The monoisotopic (exact) mass is 300 g/mol. The van der Waals surface area contributed by atoms with Crippen LogP contribution in [0.4, 0.5) is 4.39 Å². The number of hydrogen-bond donors (Lipinski definition) is 0. The second kappa shape index (κ2) is 4.47. The summed E-state index contributed by atoms with van der Waals surface area (Å²) in [6.07, 6.45) is 0. The summed E-state index contributed by atoms with van der Waals surface area (Å²) in [4.78, 5) is 11.1. The van der Waals surface area contributed by atoms with Crippen LogP contribution in [-0.2, 0) is 4.74 Å². The fourth-order valence-corrected chi connectivity index (χ4v) is 1.66. The molecule has 6 heteroatoms. The van der Waals surface area contributed by atoms with E-state index in [1.165, 1.54) is 7.11 Å². The Balaban J connectivity index is 3.40. The molecule has 14 heavy (non-hydrogen) atoms. The molecule has 0 saturated carbocycles. The smallest absolute Gasteiger partial charge is 0.339 e. The summed E-state index contributed by atoms with van der Waals surface area (Å²) in [6, 6.07) is 0.932. The van der Waals surface area contributed by atoms with Crippen molar-refractivity contribution >= 4 is 45.1 Å². The normalized spacial score (nSPS) is 10.1. The molecule has 0 fully saturated rings. The van der Waals surface area contributed by atoms with E-state index in [1.54, 1.807) is 0 Å². The van der Waals surface area contributed by atoms with Crippen molar-refractivity contribution in [3.05, 3.63) is 32.0 Å². The third-order valence-corrected chi connectivity index (χ3v) is 3.52. The molecule has 0 bridgehead atoms. The summed E-state index contributed by atoms with van der Waals surface area (Å²) in [5.74, 6) is -1.45. The molecule has 1 rings (SSSR count). The van der Waals surface area contributed by atoms with Crippen LogP contribution in [0.3, 0.4) is 0 Å². The van der Waals surface area contributed by atoms with E-state index in [0.29, 0.717) is 0 Å². The SMILES string of the molecule is COC(=O)c1cc(F)c(Cl)c(Br)c1Cl. The first-order valence-corrected chi connectivity index (χ1v) is 4.95. The predicted molar refractivity (Wildman–Crippen MR) is 55.5 cm³/mol. The van der Waals surface area contributed by atoms with Gasteiger partial charge in [-0.3, -0.25) is 0 Å². The molecule has 0 amide bonds. The molecule has 2 nitrogen and oxygen atoms in total. The minimum Gasteiger partial charge on any atom is -0.465 e. The van der Waals surface area contributed by atoms with Gasteiger partial charge in [-0.25, -0.2) is 9.18 Å². The lowest BCUT2D eigenvalue weighted by molar-refractivity contribution is 0.0600. The van der Waals surface area contributed by atoms with Crippen LogP contribution in [0.25, 0.3) is 0 Å². The summed E-state index contributed by atoms with van der Waals surface area (Å²) < 4.78 is 17.6. The molecule has 1 aromatic carbocycles. The van der Waals surface area contributed by atoms with Crippen molar-refractivity contribution in [2.45, 2.75) is 0 Å². The number of halogens is 4. The van der Waals surface area contributed by atoms with Gasteiger partial charge < -0.3 is 4.74 Å². The molecule has 0 radical (unpaired) electrons. The number of esters is 1. The molecular formula is C8H4BrCl2FO2. The van der Waals surface area contributed by atoms with Crippen molar-refractivity contribution < 1.29 is 13.9 Å². The first-order valence-electron chi connectivity index (χ1n) is 3.40. The van der Waals surface area contributed by atoms with Gasteiger partial charge in [0, 0.05) is 0 Å². The Bertz CT molecular complexity index is 395. The standard InChI is InChI=1S/C8H4BrCl2FO2/c1-14-8(13)3-2-4(12)7(11)5(9)6(3)10/h2H,1H3. The maximum absolute atomic E-state index is 13.1. The molecule has 76 valence electrons. The Morgan fingerprint density at radius 1 is 1.50 bits per heavy atom. The van der Waals surface area contributed by atoms with Gasteiger partial charge in [0.1, 0.15) is 5.82 Å². The van der Waals surface area contributed by atoms with Crippen molar-refractivity contribution in [1.29, 1.82) is 0 Å². The van der Waals surface area contributed by atoms with E-state index in [-0.39, 0.29) is 20.1 Å². The lowest BCUT2D eigenvalue weighted by atomic mass is 10.2. The van der Waals surface area contributed by atoms with Gasteiger partial charge in [0.25, 0.3) is 0 Å². The Morgan fingerprint density at radius 3 is 2.57 bits per heavy atom. The van der Waals surface area contributed by atoms with Crippen molar-refractivity contribution in [3.8, 4) is 0 Å². The third-order valence-electron chi connectivity index (χ3n) is 1.51. The molecule has 1 aromatic rings. The predicted octanol–water partition coefficient (Wildman–Crippen LogP) is 3.68. The molecule has 0 heterocycles. The zero-order chi connectivity index (χ0) is 10.9. The summed E-state index contributed by atoms with van der Waals surface area (Å²) in [6.45, 7) is 0. The van der Waals surface area contributed by atoms with Gasteiger partial charge in [-0.15, -0.1) is 0 Å². The lowest BCUT2D eigenvalue weighted by Crippen LogP contribution is -2.03. The largest absolute Gasteiger partial charge is 0.465 e. The molecule has 0 N–H and O–H groups in total. The van der Waals surface area contributed by atoms with E-state index in [2.05, 4.69) is 20.7 Å². The minimum atomic E-state index is -0.733. The Kier molecular flexibility index (Phi) is 3.75. The zero-order valence-corrected chi connectivity index (χ0v) is 10.0. The number of carbonyl (C=O) groups excluding carboxylic acids is 1. The maximum atomic E-state index is 13.1. The minimum absolute atomic E-state index is 0.0308. The van der Waals surface area contributed by atoms with Crippen molar-refractivity contribution in [3.63, 3.8) is 0 Å². The third kappa shape index (κ3) is 2.02. The van der Waals surface area contributed by atoms with E-state index in [1.807, 2.05) is 0 Å². The van der Waals surface area contributed by atoms with Gasteiger partial charge in [-0.2, -0.15) is 0 Å². The highest BCUT2D eigenvalue weighted by Crippen LogP contribution is 2.35. The van der Waals surface area contributed by atoms with E-state index >= 15 is 0 Å². The lowest BCUT2D eigenvalue weighted by Gasteiger charge is -2.06. The van der Waals surface area contributed by atoms with Crippen LogP contribution in [0, 0.1) is 5.82 Å². The van der Waals surface area contributed by atoms with Crippen LogP contribution in [0.15, 0.2) is 10.5 Å². The van der Waals surface area contributed by atoms with Gasteiger partial charge in [0.15, 0.2) is 0 Å². The fraction of sp³-hybridized carbons (Fsp3) is 0.125. The van der Waals surface area contributed by atoms with Gasteiger partial charge >= 0.3 is 5.97 Å². The molecule has 0 aliphatic carbocycles. The van der Waals surface area contributed by atoms with Crippen LogP contribution < -0.4 is 0 Å². The number of hydrogen-bond acceptors (Lipinski definition) is 2. The van der Waals surface area contributed by atoms with Crippen molar-refractivity contribution in [2.24, 2.45) is 0 Å². The number of methoxy groups -OCH3 is 1. The maximum Gasteiger partial charge on any atom is 0.339 e. The fourth-order valence-electron chi connectivity index (χ4n) is 0.831. The average Bonchev–Trinajstić information content (AvgIpc) is 2.19. The highest BCUT2D eigenvalue weighted by molar-refractivity contribution is 9.10. The van der Waals surface area contributed by atoms with E-state index in [9.17, 15) is 9.18 Å². The molecular weight excluding hydrogens is 298 g/mol. The van der Waals surface area contributed by atoms with Gasteiger partial charge in [0.05, 0.1) is 27.2 Å². The Hall–Kier alpha value is -0.320. The number of rotatable bonds is 1. The molecule has 0 spiro atoms. The molecule has 0 aromatic heterocycles. The van der Waals surface area contributed by atoms with Crippen LogP contribution in [-0.4, -0.2) is 13.1 Å². The highest BCUT2D eigenvalue weighted by Gasteiger charge is 2.18. The average molecular weight is 302 g/mol. The van der Waals surface area contributed by atoms with Crippen LogP contribution in [0.1, 0.15) is 10.4 Å². The molecule has 0 aliphatic rings. The Morgan fingerprint density at radius 2 is 2.07 bits per heavy atom. The summed E-state index contributed by atoms with van der Waals surface area (Å²) in [5.41, 5.74) is -0.0667. The van der Waals surface area contributed by atoms with Gasteiger partial charge in [-0.05, 0) is 22.0 Å². The van der Waals surface area contributed by atoms with Crippen molar-refractivity contribution in [2.75, 3.05) is 7.11 Å². The second-order valence-corrected chi connectivity index (χ2v) is 3.89. The quantitative estimate of drug-likeness (QED) is 0.449. The number of carbonyl (C=O) groups is 1. The first kappa shape index (κ1) is 11.8. The van der Waals surface area contributed by atoms with Gasteiger partial charge in [-0.1, -0.05) is 23.2 Å². The summed E-state index contributed by atoms with van der Waals surface area (Å²) >= 11 is 14.3. The molecule has 0 aliphatic heterocycles. The van der Waals surface area contributed by atoms with Crippen LogP contribution >= 0.6 is 39.1 Å². The Labute approximate surface area is 98.1 Å². The van der Waals surface area contributed by atoms with E-state index in [4.69, 9.17) is 23.2 Å². The summed E-state index contributed by atoms with van der Waals surface area (Å²) in [5, 5.41) is -0.133. The zero-order valence-electron chi connectivity index (χ0n) is 6.91. The summed E-state index contributed by atoms with van der Waals surface area (Å²) in [7, 11) is 1.18. The van der Waals surface area contributed by atoms with Crippen LogP contribution in [0.5, 0.6) is 0 Å². The van der Waals surface area contributed by atoms with E-state index in [0.717, 1.165) is 6.07 Å². The molecule has 0 atom stereocenters.